The molecular formula is C63H121NO8. The maximum Gasteiger partial charge on any atom is 0.220 e. The molecule has 1 saturated heterocycles. The van der Waals surface area contributed by atoms with Crippen LogP contribution in [0.2, 0.25) is 0 Å². The zero-order valence-corrected chi connectivity index (χ0v) is 47.5. The summed E-state index contributed by atoms with van der Waals surface area (Å²) in [5.74, 6) is -0.139. The van der Waals surface area contributed by atoms with Crippen molar-refractivity contribution in [2.75, 3.05) is 13.2 Å². The van der Waals surface area contributed by atoms with Gasteiger partial charge in [-0.3, -0.25) is 4.79 Å². The van der Waals surface area contributed by atoms with Crippen molar-refractivity contribution in [3.63, 3.8) is 0 Å². The fraction of sp³-hybridized carbons (Fsp3) is 0.921. The average Bonchev–Trinajstić information content (AvgIpc) is 3.38. The molecule has 0 aliphatic carbocycles. The number of allylic oxidation sites excluding steroid dienone is 4. The van der Waals surface area contributed by atoms with Crippen LogP contribution in [-0.2, 0) is 14.3 Å². The number of carbonyl (C=O) groups is 1. The van der Waals surface area contributed by atoms with Gasteiger partial charge in [0.2, 0.25) is 5.91 Å². The maximum atomic E-state index is 13.1. The maximum absolute atomic E-state index is 13.1. The van der Waals surface area contributed by atoms with E-state index < -0.39 is 49.5 Å². The Morgan fingerprint density at radius 2 is 0.819 bits per heavy atom. The summed E-state index contributed by atoms with van der Waals surface area (Å²) in [6, 6.07) is -0.718. The quantitative estimate of drug-likeness (QED) is 0.0261. The highest BCUT2D eigenvalue weighted by Crippen LogP contribution is 2.23. The Kier molecular flexibility index (Phi) is 50.6. The van der Waals surface area contributed by atoms with E-state index in [9.17, 15) is 30.3 Å². The Morgan fingerprint density at radius 3 is 1.19 bits per heavy atom. The fourth-order valence-electron chi connectivity index (χ4n) is 10.3. The minimum absolute atomic E-state index is 0.134. The molecule has 7 atom stereocenters. The van der Waals surface area contributed by atoms with Crippen LogP contribution in [0.1, 0.15) is 316 Å². The van der Waals surface area contributed by atoms with Crippen LogP contribution in [0.25, 0.3) is 0 Å². The Balaban J connectivity index is 2.15. The Bertz CT molecular complexity index is 1180. The summed E-state index contributed by atoms with van der Waals surface area (Å²) in [6.07, 6.45) is 60.7. The summed E-state index contributed by atoms with van der Waals surface area (Å²) >= 11 is 0. The molecule has 426 valence electrons. The largest absolute Gasteiger partial charge is 0.394 e. The number of rotatable bonds is 55. The number of amides is 1. The van der Waals surface area contributed by atoms with Crippen LogP contribution >= 0.6 is 0 Å². The van der Waals surface area contributed by atoms with Crippen molar-refractivity contribution in [2.24, 2.45) is 0 Å². The molecule has 1 amide bonds. The Morgan fingerprint density at radius 1 is 0.472 bits per heavy atom. The van der Waals surface area contributed by atoms with Gasteiger partial charge in [-0.05, 0) is 44.9 Å². The zero-order chi connectivity index (χ0) is 52.2. The van der Waals surface area contributed by atoms with Crippen molar-refractivity contribution in [3.05, 3.63) is 24.3 Å². The van der Waals surface area contributed by atoms with Crippen molar-refractivity contribution in [1.29, 1.82) is 0 Å². The van der Waals surface area contributed by atoms with E-state index in [1.54, 1.807) is 0 Å². The lowest BCUT2D eigenvalue weighted by molar-refractivity contribution is -0.302. The molecule has 0 bridgehead atoms. The van der Waals surface area contributed by atoms with E-state index in [2.05, 4.69) is 43.5 Å². The highest BCUT2D eigenvalue weighted by Gasteiger charge is 2.44. The van der Waals surface area contributed by atoms with Gasteiger partial charge in [0.05, 0.1) is 25.4 Å². The number of hydrogen-bond acceptors (Lipinski definition) is 8. The normalized spacial score (nSPS) is 19.2. The summed E-state index contributed by atoms with van der Waals surface area (Å²) in [7, 11) is 0. The fourth-order valence-corrected chi connectivity index (χ4v) is 10.3. The van der Waals surface area contributed by atoms with E-state index >= 15 is 0 Å². The minimum Gasteiger partial charge on any atom is -0.394 e. The third-order valence-corrected chi connectivity index (χ3v) is 15.3. The number of aliphatic hydroxyl groups is 5. The van der Waals surface area contributed by atoms with Crippen molar-refractivity contribution in [2.45, 2.75) is 358 Å². The molecule has 1 heterocycles. The summed E-state index contributed by atoms with van der Waals surface area (Å²) in [5, 5.41) is 54.8. The second-order valence-corrected chi connectivity index (χ2v) is 22.2. The van der Waals surface area contributed by atoms with Crippen LogP contribution in [0.5, 0.6) is 0 Å². The van der Waals surface area contributed by atoms with Crippen molar-refractivity contribution >= 4 is 5.91 Å². The second kappa shape index (κ2) is 53.1. The minimum atomic E-state index is -1.55. The van der Waals surface area contributed by atoms with Crippen molar-refractivity contribution in [3.8, 4) is 0 Å². The lowest BCUT2D eigenvalue weighted by Gasteiger charge is -2.40. The Labute approximate surface area is 445 Å². The van der Waals surface area contributed by atoms with Crippen LogP contribution < -0.4 is 5.32 Å². The smallest absolute Gasteiger partial charge is 0.220 e. The summed E-state index contributed by atoms with van der Waals surface area (Å²) < 4.78 is 11.3. The van der Waals surface area contributed by atoms with Gasteiger partial charge in [0.1, 0.15) is 24.4 Å². The van der Waals surface area contributed by atoms with Gasteiger partial charge in [0.25, 0.3) is 0 Å². The van der Waals surface area contributed by atoms with Gasteiger partial charge < -0.3 is 40.3 Å². The van der Waals surface area contributed by atoms with Crippen LogP contribution in [-0.4, -0.2) is 87.5 Å². The van der Waals surface area contributed by atoms with E-state index in [1.807, 2.05) is 0 Å². The summed E-state index contributed by atoms with van der Waals surface area (Å²) in [5.41, 5.74) is 0. The molecule has 9 heteroatoms. The number of nitrogens with one attached hydrogen (secondary N) is 1. The van der Waals surface area contributed by atoms with Gasteiger partial charge >= 0.3 is 0 Å². The molecule has 1 aliphatic rings. The first-order valence-electron chi connectivity index (χ1n) is 31.5. The number of unbranched alkanes of at least 4 members (excludes halogenated alkanes) is 41. The van der Waals surface area contributed by atoms with Gasteiger partial charge in [0.15, 0.2) is 6.29 Å². The molecule has 0 saturated carbocycles. The molecule has 0 spiro atoms. The van der Waals surface area contributed by atoms with E-state index in [-0.39, 0.29) is 12.5 Å². The first-order chi connectivity index (χ1) is 35.3. The van der Waals surface area contributed by atoms with Gasteiger partial charge in [-0.1, -0.05) is 289 Å². The molecular weight excluding hydrogens is 899 g/mol. The number of aliphatic hydroxyl groups excluding tert-OH is 5. The summed E-state index contributed by atoms with van der Waals surface area (Å²) in [6.45, 7) is 3.87. The van der Waals surface area contributed by atoms with E-state index in [1.165, 1.54) is 244 Å². The molecule has 1 fully saturated rings. The van der Waals surface area contributed by atoms with E-state index in [4.69, 9.17) is 9.47 Å². The van der Waals surface area contributed by atoms with Gasteiger partial charge in [-0.15, -0.1) is 0 Å². The monoisotopic (exact) mass is 1020 g/mol. The molecule has 0 aromatic carbocycles. The molecule has 1 rings (SSSR count). The average molecular weight is 1020 g/mol. The molecule has 6 N–H and O–H groups in total. The predicted octanol–water partition coefficient (Wildman–Crippen LogP) is 16.1. The molecule has 0 radical (unpaired) electrons. The first-order valence-corrected chi connectivity index (χ1v) is 31.5. The van der Waals surface area contributed by atoms with Crippen LogP contribution in [0.3, 0.4) is 0 Å². The molecule has 0 aromatic heterocycles. The standard InChI is InChI=1S/C63H121NO8/c1-3-5-7-9-11-13-15-17-19-21-23-25-27-28-29-30-31-33-35-37-39-41-43-45-47-49-51-53-59(67)64-56(55-71-63-62(70)61(69)60(68)58(54-65)72-63)57(66)52-50-48-46-44-42-40-38-36-34-32-26-24-22-20-18-16-14-12-10-8-6-4-2/h15,17,21,23,56-58,60-63,65-66,68-70H,3-14,16,18-20,22,24-55H2,1-2H3,(H,64,67)/b17-15-,23-21-. The topological polar surface area (TPSA) is 149 Å². The highest BCUT2D eigenvalue weighted by molar-refractivity contribution is 5.76. The summed E-state index contributed by atoms with van der Waals surface area (Å²) in [4.78, 5) is 13.1. The molecule has 0 aromatic rings. The lowest BCUT2D eigenvalue weighted by Crippen LogP contribution is -2.60. The SMILES string of the molecule is CCCCCCC/C=C\C/C=C\CCCCCCCCCCCCCCCCCC(=O)NC(COC1OC(CO)C(O)C(O)C1O)C(O)CCCCCCCCCCCCCCCCCCCCCCCC. The predicted molar refractivity (Wildman–Crippen MR) is 304 cm³/mol. The number of ether oxygens (including phenoxy) is 2. The third kappa shape index (κ3) is 41.9. The van der Waals surface area contributed by atoms with E-state index in [0.29, 0.717) is 12.8 Å². The second-order valence-electron chi connectivity index (χ2n) is 22.2. The number of carbonyl (C=O) groups excluding carboxylic acids is 1. The molecule has 9 nitrogen and oxygen atoms in total. The third-order valence-electron chi connectivity index (χ3n) is 15.3. The molecule has 1 aliphatic heterocycles. The van der Waals surface area contributed by atoms with Crippen LogP contribution in [0, 0.1) is 0 Å². The first kappa shape index (κ1) is 68.7. The highest BCUT2D eigenvalue weighted by atomic mass is 16.7. The zero-order valence-electron chi connectivity index (χ0n) is 47.5. The van der Waals surface area contributed by atoms with Crippen molar-refractivity contribution < 1.29 is 39.8 Å². The Hall–Kier alpha value is -1.33. The molecule has 72 heavy (non-hydrogen) atoms. The van der Waals surface area contributed by atoms with Crippen molar-refractivity contribution in [1.82, 2.24) is 5.32 Å². The molecule has 7 unspecified atom stereocenters. The number of hydrogen-bond donors (Lipinski definition) is 6. The van der Waals surface area contributed by atoms with Crippen LogP contribution in [0.4, 0.5) is 0 Å². The van der Waals surface area contributed by atoms with Crippen LogP contribution in [0.15, 0.2) is 24.3 Å². The van der Waals surface area contributed by atoms with Gasteiger partial charge in [0, 0.05) is 6.42 Å². The van der Waals surface area contributed by atoms with Gasteiger partial charge in [-0.2, -0.15) is 0 Å². The van der Waals surface area contributed by atoms with Gasteiger partial charge in [-0.25, -0.2) is 0 Å². The van der Waals surface area contributed by atoms with E-state index in [0.717, 1.165) is 44.9 Å². The lowest BCUT2D eigenvalue weighted by atomic mass is 9.99.